The maximum absolute atomic E-state index is 10.1. The monoisotopic (exact) mass is 188 g/mol. The molecule has 0 aliphatic carbocycles. The standard InChI is InChI=1S/C10H8N2O2/c1-7-3-4-9(12-6-13)10(8(7)2)14-5-11/h3-4H,1-2H3. The highest BCUT2D eigenvalue weighted by Crippen LogP contribution is 2.32. The van der Waals surface area contributed by atoms with Gasteiger partial charge in [0.2, 0.25) is 6.08 Å². The van der Waals surface area contributed by atoms with Crippen molar-refractivity contribution in [3.8, 4) is 12.0 Å². The van der Waals surface area contributed by atoms with Gasteiger partial charge in [0.15, 0.2) is 5.75 Å². The zero-order valence-electron chi connectivity index (χ0n) is 7.87. The highest BCUT2D eigenvalue weighted by atomic mass is 16.5. The van der Waals surface area contributed by atoms with E-state index in [9.17, 15) is 4.79 Å². The molecule has 1 aromatic carbocycles. The lowest BCUT2D eigenvalue weighted by molar-refractivity contribution is 0.503. The van der Waals surface area contributed by atoms with Crippen LogP contribution in [-0.2, 0) is 4.79 Å². The lowest BCUT2D eigenvalue weighted by Crippen LogP contribution is -1.89. The highest BCUT2D eigenvalue weighted by Gasteiger charge is 2.08. The molecule has 0 saturated heterocycles. The van der Waals surface area contributed by atoms with Gasteiger partial charge in [-0.1, -0.05) is 6.07 Å². The van der Waals surface area contributed by atoms with Crippen LogP contribution in [0, 0.1) is 25.4 Å². The topological polar surface area (TPSA) is 62.4 Å². The third-order valence-electron chi connectivity index (χ3n) is 1.97. The van der Waals surface area contributed by atoms with Gasteiger partial charge >= 0.3 is 0 Å². The second-order valence-corrected chi connectivity index (χ2v) is 2.75. The van der Waals surface area contributed by atoms with Gasteiger partial charge in [0, 0.05) is 0 Å². The molecular weight excluding hydrogens is 180 g/mol. The van der Waals surface area contributed by atoms with E-state index in [4.69, 9.17) is 10.00 Å². The summed E-state index contributed by atoms with van der Waals surface area (Å²) < 4.78 is 4.73. The Labute approximate surface area is 81.5 Å². The SMILES string of the molecule is Cc1ccc(N=C=O)c(OC#N)c1C. The normalized spacial score (nSPS) is 8.64. The molecule has 0 radical (unpaired) electrons. The fraction of sp³-hybridized carbons (Fsp3) is 0.200. The summed E-state index contributed by atoms with van der Waals surface area (Å²) in [6.45, 7) is 3.68. The molecule has 0 aliphatic rings. The Balaban J connectivity index is 3.38. The van der Waals surface area contributed by atoms with Crippen molar-refractivity contribution in [2.45, 2.75) is 13.8 Å². The summed E-state index contributed by atoms with van der Waals surface area (Å²) in [4.78, 5) is 13.5. The van der Waals surface area contributed by atoms with Crippen molar-refractivity contribution in [3.63, 3.8) is 0 Å². The van der Waals surface area contributed by atoms with E-state index >= 15 is 0 Å². The zero-order chi connectivity index (χ0) is 10.6. The molecular formula is C10H8N2O2. The van der Waals surface area contributed by atoms with Crippen LogP contribution in [0.3, 0.4) is 0 Å². The van der Waals surface area contributed by atoms with Crippen LogP contribution in [0.1, 0.15) is 11.1 Å². The van der Waals surface area contributed by atoms with Crippen LogP contribution in [-0.4, -0.2) is 6.08 Å². The first-order valence-electron chi connectivity index (χ1n) is 3.94. The second kappa shape index (κ2) is 4.22. The molecule has 4 heteroatoms. The molecule has 1 rings (SSSR count). The first kappa shape index (κ1) is 9.97. The van der Waals surface area contributed by atoms with Crippen LogP contribution in [0.15, 0.2) is 17.1 Å². The quantitative estimate of drug-likeness (QED) is 0.405. The Bertz CT molecular complexity index is 440. The maximum atomic E-state index is 10.1. The van der Waals surface area contributed by atoms with E-state index in [2.05, 4.69) is 4.99 Å². The van der Waals surface area contributed by atoms with Crippen molar-refractivity contribution in [2.75, 3.05) is 0 Å². The zero-order valence-corrected chi connectivity index (χ0v) is 7.87. The number of hydrogen-bond acceptors (Lipinski definition) is 4. The molecule has 0 unspecified atom stereocenters. The summed E-state index contributed by atoms with van der Waals surface area (Å²) >= 11 is 0. The van der Waals surface area contributed by atoms with Gasteiger partial charge in [-0.15, -0.1) is 5.26 Å². The number of hydrogen-bond donors (Lipinski definition) is 0. The van der Waals surface area contributed by atoms with Crippen LogP contribution < -0.4 is 4.74 Å². The van der Waals surface area contributed by atoms with Gasteiger partial charge < -0.3 is 4.74 Å². The number of aryl methyl sites for hydroxylation is 1. The van der Waals surface area contributed by atoms with Gasteiger partial charge in [-0.25, -0.2) is 4.79 Å². The fourth-order valence-electron chi connectivity index (χ4n) is 1.09. The molecule has 0 heterocycles. The van der Waals surface area contributed by atoms with Crippen molar-refractivity contribution in [3.05, 3.63) is 23.3 Å². The smallest absolute Gasteiger partial charge is 0.292 e. The van der Waals surface area contributed by atoms with E-state index in [0.717, 1.165) is 11.1 Å². The van der Waals surface area contributed by atoms with Gasteiger partial charge in [0.1, 0.15) is 5.69 Å². The number of carbonyl (C=O) groups excluding carboxylic acids is 1. The van der Waals surface area contributed by atoms with E-state index in [1.807, 2.05) is 6.92 Å². The van der Waals surface area contributed by atoms with Crippen molar-refractivity contribution >= 4 is 11.8 Å². The minimum Gasteiger partial charge on any atom is -0.385 e. The van der Waals surface area contributed by atoms with Crippen molar-refractivity contribution in [2.24, 2.45) is 4.99 Å². The first-order chi connectivity index (χ1) is 6.70. The molecule has 14 heavy (non-hydrogen) atoms. The molecule has 1 aromatic rings. The largest absolute Gasteiger partial charge is 0.385 e. The average Bonchev–Trinajstić information content (AvgIpc) is 2.18. The molecule has 0 saturated carbocycles. The van der Waals surface area contributed by atoms with Gasteiger partial charge in [-0.3, -0.25) is 0 Å². The number of benzene rings is 1. The predicted octanol–water partition coefficient (Wildman–Crippen LogP) is 2.13. The van der Waals surface area contributed by atoms with Crippen LogP contribution >= 0.6 is 0 Å². The molecule has 0 N–H and O–H groups in total. The lowest BCUT2D eigenvalue weighted by atomic mass is 10.1. The van der Waals surface area contributed by atoms with Gasteiger partial charge in [0.25, 0.3) is 6.26 Å². The summed E-state index contributed by atoms with van der Waals surface area (Å²) in [5, 5.41) is 8.42. The molecule has 0 spiro atoms. The summed E-state index contributed by atoms with van der Waals surface area (Å²) in [6, 6.07) is 3.41. The molecule has 4 nitrogen and oxygen atoms in total. The lowest BCUT2D eigenvalue weighted by Gasteiger charge is -2.06. The van der Waals surface area contributed by atoms with E-state index in [1.165, 1.54) is 6.08 Å². The molecule has 0 fully saturated rings. The minimum absolute atomic E-state index is 0.316. The molecule has 0 aliphatic heterocycles. The fourth-order valence-corrected chi connectivity index (χ4v) is 1.09. The predicted molar refractivity (Wildman–Crippen MR) is 49.9 cm³/mol. The van der Waals surface area contributed by atoms with E-state index in [1.54, 1.807) is 25.3 Å². The molecule has 0 bridgehead atoms. The summed E-state index contributed by atoms with van der Waals surface area (Å²) in [7, 11) is 0. The van der Waals surface area contributed by atoms with E-state index in [-0.39, 0.29) is 0 Å². The van der Waals surface area contributed by atoms with Crippen LogP contribution in [0.4, 0.5) is 5.69 Å². The van der Waals surface area contributed by atoms with Crippen LogP contribution in [0.5, 0.6) is 5.75 Å². The van der Waals surface area contributed by atoms with Crippen molar-refractivity contribution < 1.29 is 9.53 Å². The first-order valence-corrected chi connectivity index (χ1v) is 3.94. The number of nitrogens with zero attached hydrogens (tertiary/aromatic N) is 2. The Hall–Kier alpha value is -2.11. The number of nitriles is 1. The molecule has 0 aromatic heterocycles. The van der Waals surface area contributed by atoms with E-state index < -0.39 is 0 Å². The van der Waals surface area contributed by atoms with Crippen LogP contribution in [0.2, 0.25) is 0 Å². The Morgan fingerprint density at radius 3 is 2.71 bits per heavy atom. The number of ether oxygens (including phenoxy) is 1. The van der Waals surface area contributed by atoms with E-state index in [0.29, 0.717) is 11.4 Å². The minimum atomic E-state index is 0.316. The maximum Gasteiger partial charge on any atom is 0.292 e. The Kier molecular flexibility index (Phi) is 3.01. The number of aliphatic imine (C=N–C) groups is 1. The average molecular weight is 188 g/mol. The Morgan fingerprint density at radius 2 is 2.14 bits per heavy atom. The van der Waals surface area contributed by atoms with Gasteiger partial charge in [-0.2, -0.15) is 4.99 Å². The third kappa shape index (κ3) is 1.79. The summed E-state index contributed by atoms with van der Waals surface area (Å²) in [5.74, 6) is 0.316. The highest BCUT2D eigenvalue weighted by molar-refractivity contribution is 5.62. The molecule has 70 valence electrons. The van der Waals surface area contributed by atoms with Gasteiger partial charge in [-0.05, 0) is 31.0 Å². The summed E-state index contributed by atoms with van der Waals surface area (Å²) in [6.07, 6.45) is 2.98. The van der Waals surface area contributed by atoms with Gasteiger partial charge in [0.05, 0.1) is 0 Å². The molecule has 0 atom stereocenters. The van der Waals surface area contributed by atoms with Crippen molar-refractivity contribution in [1.29, 1.82) is 5.26 Å². The van der Waals surface area contributed by atoms with Crippen molar-refractivity contribution in [1.82, 2.24) is 0 Å². The second-order valence-electron chi connectivity index (χ2n) is 2.75. The number of isocyanates is 1. The van der Waals surface area contributed by atoms with Crippen LogP contribution in [0.25, 0.3) is 0 Å². The Morgan fingerprint density at radius 1 is 1.43 bits per heavy atom. The molecule has 0 amide bonds. The summed E-state index contributed by atoms with van der Waals surface area (Å²) in [5.41, 5.74) is 2.09. The third-order valence-corrected chi connectivity index (χ3v) is 1.97. The number of rotatable bonds is 2.